The largest absolute Gasteiger partial charge is 0.394 e. The van der Waals surface area contributed by atoms with Crippen LogP contribution in [0.4, 0.5) is 0 Å². The summed E-state index contributed by atoms with van der Waals surface area (Å²) in [7, 11) is 1.30. The van der Waals surface area contributed by atoms with E-state index < -0.39 is 61.9 Å². The molecule has 0 aliphatic carbocycles. The number of methoxy groups -OCH3 is 1. The van der Waals surface area contributed by atoms with Gasteiger partial charge in [-0.2, -0.15) is 11.8 Å². The lowest BCUT2D eigenvalue weighted by Crippen LogP contribution is -2.61. The van der Waals surface area contributed by atoms with Crippen LogP contribution in [0.2, 0.25) is 0 Å². The first-order valence-corrected chi connectivity index (χ1v) is 8.65. The van der Waals surface area contributed by atoms with Gasteiger partial charge in [0, 0.05) is 12.9 Å². The molecule has 23 heavy (non-hydrogen) atoms. The quantitative estimate of drug-likeness (QED) is 0.341. The number of thioether (sulfide) groups is 1. The smallest absolute Gasteiger partial charge is 0.187 e. The molecule has 0 aromatic carbocycles. The molecule has 10 heteroatoms. The molecule has 0 aromatic heterocycles. The highest BCUT2D eigenvalue weighted by Gasteiger charge is 2.50. The Labute approximate surface area is 138 Å². The third-order valence-corrected chi connectivity index (χ3v) is 4.66. The monoisotopic (exact) mass is 356 g/mol. The summed E-state index contributed by atoms with van der Waals surface area (Å²) in [5.74, 6) is 0.458. The normalized spacial score (nSPS) is 47.9. The Morgan fingerprint density at radius 1 is 0.913 bits per heavy atom. The maximum atomic E-state index is 10.2. The van der Waals surface area contributed by atoms with Gasteiger partial charge in [0.05, 0.1) is 12.7 Å². The summed E-state index contributed by atoms with van der Waals surface area (Å²) in [5.41, 5.74) is 0. The molecule has 0 radical (unpaired) electrons. The first-order valence-electron chi connectivity index (χ1n) is 7.25. The molecule has 3 unspecified atom stereocenters. The Hall–Kier alpha value is -0.0100. The van der Waals surface area contributed by atoms with Crippen molar-refractivity contribution in [2.24, 2.45) is 0 Å². The van der Waals surface area contributed by atoms with Crippen molar-refractivity contribution >= 4 is 11.8 Å². The molecule has 2 aliphatic heterocycles. The van der Waals surface area contributed by atoms with Crippen molar-refractivity contribution in [2.75, 3.05) is 25.7 Å². The number of hydrogen-bond acceptors (Lipinski definition) is 10. The molecule has 2 saturated heterocycles. The lowest BCUT2D eigenvalue weighted by Gasteiger charge is -2.42. The van der Waals surface area contributed by atoms with Crippen LogP contribution in [-0.4, -0.2) is 107 Å². The minimum atomic E-state index is -1.42. The van der Waals surface area contributed by atoms with Gasteiger partial charge in [-0.1, -0.05) is 0 Å². The first kappa shape index (κ1) is 19.3. The number of hydrogen-bond donors (Lipinski definition) is 5. The number of aliphatic hydroxyl groups excluding tert-OH is 5. The molecule has 2 rings (SSSR count). The lowest BCUT2D eigenvalue weighted by atomic mass is 9.99. The predicted molar refractivity (Wildman–Crippen MR) is 78.7 cm³/mol. The van der Waals surface area contributed by atoms with E-state index in [0.29, 0.717) is 5.75 Å². The molecule has 2 aliphatic rings. The van der Waals surface area contributed by atoms with Crippen molar-refractivity contribution in [3.63, 3.8) is 0 Å². The van der Waals surface area contributed by atoms with Gasteiger partial charge in [0.1, 0.15) is 36.6 Å². The Bertz CT molecular complexity index is 371. The van der Waals surface area contributed by atoms with Crippen LogP contribution in [0.1, 0.15) is 0 Å². The maximum absolute atomic E-state index is 10.2. The summed E-state index contributed by atoms with van der Waals surface area (Å²) in [6.07, 6.45) is -8.47. The maximum Gasteiger partial charge on any atom is 0.187 e. The van der Waals surface area contributed by atoms with Crippen molar-refractivity contribution in [1.82, 2.24) is 0 Å². The van der Waals surface area contributed by atoms with E-state index in [9.17, 15) is 25.5 Å². The summed E-state index contributed by atoms with van der Waals surface area (Å²) in [5, 5.41) is 49.4. The topological polar surface area (TPSA) is 138 Å². The Morgan fingerprint density at radius 3 is 2.09 bits per heavy atom. The molecule has 0 saturated carbocycles. The van der Waals surface area contributed by atoms with E-state index in [2.05, 4.69) is 0 Å². The molecule has 2 heterocycles. The summed E-state index contributed by atoms with van der Waals surface area (Å²) >= 11 is 1.44. The standard InChI is InChI=1S/C13H24O9S/c1-19-12-10(18)8(16)11(5(3-14)20-12)22-13-9(17)7(15)6(21-13)4-23-2/h5-18H,3-4H2,1-2H3/t5?,6-,7-,8-,9?,10?,11-,12+,13-/m1/s1. The van der Waals surface area contributed by atoms with Gasteiger partial charge in [-0.25, -0.2) is 0 Å². The third kappa shape index (κ3) is 3.98. The molecule has 5 N–H and O–H groups in total. The summed E-state index contributed by atoms with van der Waals surface area (Å²) in [4.78, 5) is 0. The summed E-state index contributed by atoms with van der Waals surface area (Å²) in [6.45, 7) is -0.492. The Morgan fingerprint density at radius 2 is 1.52 bits per heavy atom. The molecule has 0 bridgehead atoms. The fraction of sp³-hybridized carbons (Fsp3) is 1.00. The van der Waals surface area contributed by atoms with Crippen LogP contribution in [-0.2, 0) is 18.9 Å². The van der Waals surface area contributed by atoms with Gasteiger partial charge < -0.3 is 44.5 Å². The molecule has 0 amide bonds. The van der Waals surface area contributed by atoms with Crippen molar-refractivity contribution in [3.05, 3.63) is 0 Å². The van der Waals surface area contributed by atoms with E-state index in [1.165, 1.54) is 18.9 Å². The molecule has 9 atom stereocenters. The van der Waals surface area contributed by atoms with E-state index in [4.69, 9.17) is 18.9 Å². The highest BCUT2D eigenvalue weighted by molar-refractivity contribution is 7.98. The van der Waals surface area contributed by atoms with Gasteiger partial charge in [-0.05, 0) is 6.26 Å². The second-order valence-electron chi connectivity index (χ2n) is 5.52. The van der Waals surface area contributed by atoms with E-state index in [1.54, 1.807) is 0 Å². The van der Waals surface area contributed by atoms with Crippen LogP contribution in [0.25, 0.3) is 0 Å². The van der Waals surface area contributed by atoms with Crippen LogP contribution in [0.5, 0.6) is 0 Å². The minimum Gasteiger partial charge on any atom is -0.394 e. The van der Waals surface area contributed by atoms with E-state index in [-0.39, 0.29) is 0 Å². The van der Waals surface area contributed by atoms with Gasteiger partial charge in [-0.15, -0.1) is 0 Å². The van der Waals surface area contributed by atoms with Crippen LogP contribution in [0, 0.1) is 0 Å². The second kappa shape index (κ2) is 8.39. The van der Waals surface area contributed by atoms with Crippen molar-refractivity contribution in [1.29, 1.82) is 0 Å². The van der Waals surface area contributed by atoms with Gasteiger partial charge >= 0.3 is 0 Å². The van der Waals surface area contributed by atoms with Crippen molar-refractivity contribution < 1.29 is 44.5 Å². The lowest BCUT2D eigenvalue weighted by molar-refractivity contribution is -0.325. The number of ether oxygens (including phenoxy) is 4. The van der Waals surface area contributed by atoms with Crippen molar-refractivity contribution in [3.8, 4) is 0 Å². The fourth-order valence-electron chi connectivity index (χ4n) is 2.70. The van der Waals surface area contributed by atoms with Gasteiger partial charge in [0.25, 0.3) is 0 Å². The fourth-order valence-corrected chi connectivity index (χ4v) is 3.30. The first-order chi connectivity index (χ1) is 10.9. The highest BCUT2D eigenvalue weighted by atomic mass is 32.2. The van der Waals surface area contributed by atoms with Crippen LogP contribution >= 0.6 is 11.8 Å². The molecule has 0 aromatic rings. The zero-order valence-corrected chi connectivity index (χ0v) is 13.7. The molecular weight excluding hydrogens is 332 g/mol. The average molecular weight is 356 g/mol. The summed E-state index contributed by atoms with van der Waals surface area (Å²) < 4.78 is 21.2. The third-order valence-electron chi connectivity index (χ3n) is 3.99. The van der Waals surface area contributed by atoms with Gasteiger partial charge in [0.2, 0.25) is 0 Å². The van der Waals surface area contributed by atoms with E-state index in [0.717, 1.165) is 0 Å². The van der Waals surface area contributed by atoms with Crippen LogP contribution in [0.3, 0.4) is 0 Å². The number of rotatable bonds is 6. The summed E-state index contributed by atoms with van der Waals surface area (Å²) in [6, 6.07) is 0. The van der Waals surface area contributed by atoms with E-state index >= 15 is 0 Å². The Balaban J connectivity index is 2.05. The van der Waals surface area contributed by atoms with Crippen molar-refractivity contribution in [2.45, 2.75) is 55.3 Å². The molecule has 9 nitrogen and oxygen atoms in total. The number of aliphatic hydroxyl groups is 5. The predicted octanol–water partition coefficient (Wildman–Crippen LogP) is -2.73. The minimum absolute atomic E-state index is 0.458. The molecular formula is C13H24O9S. The SMILES string of the molecule is CO[C@H]1OC(CO)[C@@H](O[C@H]2O[C@H](CSC)[C@@H](O)C2O)[C@H](O)C1O. The zero-order valence-electron chi connectivity index (χ0n) is 12.9. The van der Waals surface area contributed by atoms with Crippen LogP contribution in [0.15, 0.2) is 0 Å². The molecule has 2 fully saturated rings. The van der Waals surface area contributed by atoms with Gasteiger partial charge in [-0.3, -0.25) is 0 Å². The van der Waals surface area contributed by atoms with E-state index in [1.807, 2.05) is 6.26 Å². The van der Waals surface area contributed by atoms with Gasteiger partial charge in [0.15, 0.2) is 12.6 Å². The second-order valence-corrected chi connectivity index (χ2v) is 6.43. The Kier molecular flexibility index (Phi) is 7.04. The van der Waals surface area contributed by atoms with Crippen LogP contribution < -0.4 is 0 Å². The average Bonchev–Trinajstić information content (AvgIpc) is 2.81. The molecule has 0 spiro atoms. The highest BCUT2D eigenvalue weighted by Crippen LogP contribution is 2.30. The molecule has 136 valence electrons. The zero-order chi connectivity index (χ0) is 17.1.